The number of hydrogen-bond acceptors (Lipinski definition) is 4. The molecule has 1 aliphatic rings. The maximum absolute atomic E-state index is 9.24. The van der Waals surface area contributed by atoms with Gasteiger partial charge in [0.05, 0.1) is 5.69 Å². The Morgan fingerprint density at radius 2 is 1.80 bits per heavy atom. The standard InChI is InChI=1S/C25H31N3O2/c1-27-18-21(19-28-16-6-5-8-22(28)9-7-17-29)25(26-27)20-12-14-24(15-13-20)30-23-10-3-2-4-11-23/h2-4,10-15,18,22,29H,5-9,16-17,19H2,1H3/t22-/m1/s1. The molecule has 2 heterocycles. The number of nitrogens with zero attached hydrogens (tertiary/aromatic N) is 3. The average molecular weight is 406 g/mol. The third kappa shape index (κ3) is 5.10. The van der Waals surface area contributed by atoms with Crippen molar-refractivity contribution < 1.29 is 9.84 Å². The Hall–Kier alpha value is -2.63. The van der Waals surface area contributed by atoms with Crippen molar-refractivity contribution in [3.63, 3.8) is 0 Å². The van der Waals surface area contributed by atoms with Crippen LogP contribution in [0.4, 0.5) is 0 Å². The number of benzene rings is 2. The lowest BCUT2D eigenvalue weighted by Gasteiger charge is -2.35. The molecule has 0 saturated carbocycles. The van der Waals surface area contributed by atoms with Gasteiger partial charge in [0.15, 0.2) is 0 Å². The summed E-state index contributed by atoms with van der Waals surface area (Å²) in [7, 11) is 1.99. The van der Waals surface area contributed by atoms with E-state index in [-0.39, 0.29) is 6.61 Å². The highest BCUT2D eigenvalue weighted by Crippen LogP contribution is 2.29. The Kier molecular flexibility index (Phi) is 6.82. The lowest BCUT2D eigenvalue weighted by Crippen LogP contribution is -2.39. The van der Waals surface area contributed by atoms with Crippen molar-refractivity contribution >= 4 is 0 Å². The van der Waals surface area contributed by atoms with Crippen LogP contribution >= 0.6 is 0 Å². The number of aliphatic hydroxyl groups is 1. The van der Waals surface area contributed by atoms with Gasteiger partial charge in [0.25, 0.3) is 0 Å². The fourth-order valence-electron chi connectivity index (χ4n) is 4.34. The van der Waals surface area contributed by atoms with E-state index >= 15 is 0 Å². The van der Waals surface area contributed by atoms with Crippen LogP contribution in [0.3, 0.4) is 0 Å². The first-order valence-electron chi connectivity index (χ1n) is 10.9. The first-order valence-corrected chi connectivity index (χ1v) is 10.9. The second-order valence-electron chi connectivity index (χ2n) is 8.10. The molecule has 0 amide bonds. The first kappa shape index (κ1) is 20.6. The summed E-state index contributed by atoms with van der Waals surface area (Å²) in [5, 5.41) is 14.0. The van der Waals surface area contributed by atoms with Gasteiger partial charge < -0.3 is 9.84 Å². The van der Waals surface area contributed by atoms with E-state index in [2.05, 4.69) is 23.2 Å². The first-order chi connectivity index (χ1) is 14.7. The minimum Gasteiger partial charge on any atom is -0.457 e. The number of aryl methyl sites for hydroxylation is 1. The van der Waals surface area contributed by atoms with Crippen LogP contribution in [0.1, 0.15) is 37.7 Å². The molecule has 0 spiro atoms. The number of para-hydroxylation sites is 1. The second kappa shape index (κ2) is 9.92. The van der Waals surface area contributed by atoms with E-state index in [1.165, 1.54) is 24.8 Å². The molecule has 4 rings (SSSR count). The van der Waals surface area contributed by atoms with E-state index in [1.54, 1.807) is 0 Å². The lowest BCUT2D eigenvalue weighted by atomic mass is 9.97. The molecule has 1 aliphatic heterocycles. The second-order valence-corrected chi connectivity index (χ2v) is 8.10. The van der Waals surface area contributed by atoms with Crippen LogP contribution in [0, 0.1) is 0 Å². The molecule has 1 atom stereocenters. The molecule has 5 nitrogen and oxygen atoms in total. The summed E-state index contributed by atoms with van der Waals surface area (Å²) in [5.41, 5.74) is 3.40. The molecule has 0 bridgehead atoms. The molecule has 1 N–H and O–H groups in total. The Bertz CT molecular complexity index is 921. The number of ether oxygens (including phenoxy) is 1. The molecule has 1 fully saturated rings. The smallest absolute Gasteiger partial charge is 0.127 e. The van der Waals surface area contributed by atoms with E-state index in [1.807, 2.05) is 54.2 Å². The number of likely N-dealkylation sites (tertiary alicyclic amines) is 1. The van der Waals surface area contributed by atoms with Crippen LogP contribution in [0.5, 0.6) is 11.5 Å². The third-order valence-corrected chi connectivity index (χ3v) is 5.83. The summed E-state index contributed by atoms with van der Waals surface area (Å²) in [6, 6.07) is 18.6. The summed E-state index contributed by atoms with van der Waals surface area (Å²) in [6.45, 7) is 2.30. The largest absolute Gasteiger partial charge is 0.457 e. The molecule has 30 heavy (non-hydrogen) atoms. The van der Waals surface area contributed by atoms with Gasteiger partial charge in [-0.2, -0.15) is 5.10 Å². The van der Waals surface area contributed by atoms with Crippen molar-refractivity contribution in [3.8, 4) is 22.8 Å². The van der Waals surface area contributed by atoms with Crippen LogP contribution in [0.15, 0.2) is 60.8 Å². The normalized spacial score (nSPS) is 17.2. The van der Waals surface area contributed by atoms with Gasteiger partial charge in [0.2, 0.25) is 0 Å². The average Bonchev–Trinajstić information content (AvgIpc) is 3.14. The molecule has 1 aromatic heterocycles. The van der Waals surface area contributed by atoms with E-state index in [4.69, 9.17) is 9.84 Å². The zero-order chi connectivity index (χ0) is 20.8. The van der Waals surface area contributed by atoms with Crippen LogP contribution < -0.4 is 4.74 Å². The topological polar surface area (TPSA) is 50.5 Å². The molecule has 158 valence electrons. The molecular formula is C25H31N3O2. The maximum atomic E-state index is 9.24. The summed E-state index contributed by atoms with van der Waals surface area (Å²) in [5.74, 6) is 1.66. The number of piperidine rings is 1. The third-order valence-electron chi connectivity index (χ3n) is 5.83. The van der Waals surface area contributed by atoms with Gasteiger partial charge in [-0.3, -0.25) is 9.58 Å². The van der Waals surface area contributed by atoms with Crippen LogP contribution in [-0.2, 0) is 13.6 Å². The van der Waals surface area contributed by atoms with Crippen molar-refractivity contribution in [2.45, 2.75) is 44.7 Å². The van der Waals surface area contributed by atoms with Crippen molar-refractivity contribution in [2.75, 3.05) is 13.2 Å². The van der Waals surface area contributed by atoms with Crippen LogP contribution in [-0.4, -0.2) is 39.0 Å². The van der Waals surface area contributed by atoms with E-state index in [0.717, 1.165) is 48.7 Å². The quantitative estimate of drug-likeness (QED) is 0.573. The van der Waals surface area contributed by atoms with Crippen molar-refractivity contribution in [2.24, 2.45) is 7.05 Å². The number of hydrogen-bond donors (Lipinski definition) is 1. The summed E-state index contributed by atoms with van der Waals surface area (Å²) < 4.78 is 7.83. The Balaban J connectivity index is 1.50. The highest BCUT2D eigenvalue weighted by atomic mass is 16.5. The highest BCUT2D eigenvalue weighted by molar-refractivity contribution is 5.63. The van der Waals surface area contributed by atoms with Crippen LogP contribution in [0.25, 0.3) is 11.3 Å². The monoisotopic (exact) mass is 405 g/mol. The van der Waals surface area contributed by atoms with Gasteiger partial charge >= 0.3 is 0 Å². The molecular weight excluding hydrogens is 374 g/mol. The molecule has 5 heteroatoms. The van der Waals surface area contributed by atoms with Crippen molar-refractivity contribution in [3.05, 3.63) is 66.4 Å². The molecule has 0 aliphatic carbocycles. The van der Waals surface area contributed by atoms with Gasteiger partial charge in [-0.15, -0.1) is 0 Å². The van der Waals surface area contributed by atoms with Crippen molar-refractivity contribution in [1.29, 1.82) is 0 Å². The van der Waals surface area contributed by atoms with Crippen molar-refractivity contribution in [1.82, 2.24) is 14.7 Å². The summed E-state index contributed by atoms with van der Waals surface area (Å²) in [4.78, 5) is 2.58. The lowest BCUT2D eigenvalue weighted by molar-refractivity contribution is 0.124. The molecule has 3 aromatic rings. The van der Waals surface area contributed by atoms with Gasteiger partial charge in [-0.1, -0.05) is 24.6 Å². The number of aromatic nitrogens is 2. The van der Waals surface area contributed by atoms with E-state index < -0.39 is 0 Å². The predicted octanol–water partition coefficient (Wildman–Crippen LogP) is 5.01. The van der Waals surface area contributed by atoms with Gasteiger partial charge in [0.1, 0.15) is 11.5 Å². The zero-order valence-electron chi connectivity index (χ0n) is 17.7. The van der Waals surface area contributed by atoms with Gasteiger partial charge in [-0.05, 0) is 68.6 Å². The molecule has 0 unspecified atom stereocenters. The minimum absolute atomic E-state index is 0.278. The fraction of sp³-hybridized carbons (Fsp3) is 0.400. The highest BCUT2D eigenvalue weighted by Gasteiger charge is 2.24. The number of rotatable bonds is 8. The van der Waals surface area contributed by atoms with E-state index in [0.29, 0.717) is 6.04 Å². The van der Waals surface area contributed by atoms with Gasteiger partial charge in [0, 0.05) is 43.6 Å². The summed E-state index contributed by atoms with van der Waals surface area (Å²) in [6.07, 6.45) is 7.84. The Morgan fingerprint density at radius 3 is 2.57 bits per heavy atom. The minimum atomic E-state index is 0.278. The number of aliphatic hydroxyl groups excluding tert-OH is 1. The molecule has 2 aromatic carbocycles. The SMILES string of the molecule is Cn1cc(CN2CCCC[C@@H]2CCCO)c(-c2ccc(Oc3ccccc3)cc2)n1. The maximum Gasteiger partial charge on any atom is 0.127 e. The zero-order valence-corrected chi connectivity index (χ0v) is 17.7. The molecule has 1 saturated heterocycles. The summed E-state index contributed by atoms with van der Waals surface area (Å²) >= 11 is 0. The molecule has 0 radical (unpaired) electrons. The van der Waals surface area contributed by atoms with E-state index in [9.17, 15) is 5.11 Å². The Labute approximate surface area is 178 Å². The fourth-order valence-corrected chi connectivity index (χ4v) is 4.34. The Morgan fingerprint density at radius 1 is 1.03 bits per heavy atom. The van der Waals surface area contributed by atoms with Crippen LogP contribution in [0.2, 0.25) is 0 Å². The predicted molar refractivity (Wildman–Crippen MR) is 120 cm³/mol. The van der Waals surface area contributed by atoms with Gasteiger partial charge in [-0.25, -0.2) is 0 Å².